The third-order valence-electron chi connectivity index (χ3n) is 8.63. The molecule has 3 N–H and O–H groups in total. The van der Waals surface area contributed by atoms with E-state index < -0.39 is 28.7 Å². The average Bonchev–Trinajstić information content (AvgIpc) is 3.51. The molecule has 1 spiro atoms. The smallest absolute Gasteiger partial charge is 0.244 e. The molecule has 2 unspecified atom stereocenters. The summed E-state index contributed by atoms with van der Waals surface area (Å²) in [6.45, 7) is 3.95. The Kier molecular flexibility index (Phi) is 7.37. The Balaban J connectivity index is 1.47. The van der Waals surface area contributed by atoms with Crippen LogP contribution < -0.4 is 10.6 Å². The van der Waals surface area contributed by atoms with Crippen LogP contribution in [-0.4, -0.2) is 62.5 Å². The molecule has 36 heavy (non-hydrogen) atoms. The third-order valence-corrected chi connectivity index (χ3v) is 10.6. The number of fused-ring (bicyclic) bond motifs is 1. The second-order valence-electron chi connectivity index (χ2n) is 11.5. The van der Waals surface area contributed by atoms with Crippen molar-refractivity contribution in [2.24, 2.45) is 17.8 Å². The lowest BCUT2D eigenvalue weighted by molar-refractivity contribution is -0.142. The first-order chi connectivity index (χ1) is 17.4. The van der Waals surface area contributed by atoms with Gasteiger partial charge in [0, 0.05) is 17.0 Å². The van der Waals surface area contributed by atoms with E-state index >= 15 is 0 Å². The van der Waals surface area contributed by atoms with Crippen LogP contribution in [0.4, 0.5) is 5.69 Å². The number of hydrogen-bond donors (Lipinski definition) is 3. The van der Waals surface area contributed by atoms with E-state index in [9.17, 15) is 19.5 Å². The third kappa shape index (κ3) is 4.44. The predicted molar refractivity (Wildman–Crippen MR) is 141 cm³/mol. The maximum atomic E-state index is 14.2. The number of nitrogens with one attached hydrogen (secondary N) is 2. The normalized spacial score (nSPS) is 32.6. The molecule has 1 saturated carbocycles. The maximum absolute atomic E-state index is 14.2. The van der Waals surface area contributed by atoms with Crippen LogP contribution >= 0.6 is 11.8 Å². The Morgan fingerprint density at radius 2 is 1.83 bits per heavy atom. The topological polar surface area (TPSA) is 98.7 Å². The quantitative estimate of drug-likeness (QED) is 0.494. The van der Waals surface area contributed by atoms with E-state index in [0.717, 1.165) is 38.5 Å². The van der Waals surface area contributed by atoms with Gasteiger partial charge in [-0.05, 0) is 50.2 Å². The van der Waals surface area contributed by atoms with Crippen molar-refractivity contribution < 1.29 is 19.5 Å². The van der Waals surface area contributed by atoms with Crippen molar-refractivity contribution >= 4 is 35.2 Å². The first-order valence-electron chi connectivity index (χ1n) is 13.6. The molecule has 196 valence electrons. The van der Waals surface area contributed by atoms with Crippen molar-refractivity contribution in [2.75, 3.05) is 11.9 Å². The number of aliphatic hydroxyl groups is 1. The number of nitrogens with zero attached hydrogens (tertiary/aromatic N) is 1. The zero-order valence-electron chi connectivity index (χ0n) is 21.3. The number of carbonyl (C=O) groups excluding carboxylic acids is 3. The van der Waals surface area contributed by atoms with Gasteiger partial charge in [-0.15, -0.1) is 11.8 Å². The number of para-hydroxylation sites is 1. The van der Waals surface area contributed by atoms with Gasteiger partial charge in [-0.1, -0.05) is 51.3 Å². The molecule has 1 aliphatic carbocycles. The minimum absolute atomic E-state index is 0.0208. The molecule has 3 heterocycles. The van der Waals surface area contributed by atoms with Crippen LogP contribution in [0, 0.1) is 17.8 Å². The number of benzene rings is 1. The van der Waals surface area contributed by atoms with Gasteiger partial charge in [0.15, 0.2) is 0 Å². The molecule has 3 amide bonds. The molecule has 8 heteroatoms. The summed E-state index contributed by atoms with van der Waals surface area (Å²) in [6.07, 6.45) is 7.53. The van der Waals surface area contributed by atoms with Gasteiger partial charge in [0.1, 0.15) is 6.04 Å². The largest absolute Gasteiger partial charge is 0.394 e. The molecule has 1 aromatic carbocycles. The second kappa shape index (κ2) is 10.4. The SMILES string of the molecule is CC(C)C[C@H](CO)N1C(=O)[C@@H]2[C@H](C(=O)Nc3ccccc3)[C@@H]3CCC2(S3)C1C(=O)NC1CCCCC1. The van der Waals surface area contributed by atoms with E-state index in [4.69, 9.17) is 0 Å². The Morgan fingerprint density at radius 3 is 2.50 bits per heavy atom. The molecule has 1 aromatic rings. The highest BCUT2D eigenvalue weighted by molar-refractivity contribution is 8.02. The predicted octanol–water partition coefficient (Wildman–Crippen LogP) is 3.57. The van der Waals surface area contributed by atoms with E-state index in [1.807, 2.05) is 30.3 Å². The van der Waals surface area contributed by atoms with Crippen LogP contribution in [0.15, 0.2) is 30.3 Å². The van der Waals surface area contributed by atoms with Crippen molar-refractivity contribution in [2.45, 2.75) is 93.3 Å². The number of thioether (sulfide) groups is 1. The first-order valence-corrected chi connectivity index (χ1v) is 14.5. The second-order valence-corrected chi connectivity index (χ2v) is 13.1. The zero-order valence-corrected chi connectivity index (χ0v) is 22.1. The number of amides is 3. The van der Waals surface area contributed by atoms with Gasteiger partial charge in [-0.25, -0.2) is 0 Å². The highest BCUT2D eigenvalue weighted by atomic mass is 32.2. The molecule has 3 saturated heterocycles. The molecule has 7 nitrogen and oxygen atoms in total. The Hall–Kier alpha value is -2.06. The molecular weight excluding hydrogens is 474 g/mol. The number of aliphatic hydroxyl groups excluding tert-OH is 1. The number of rotatable bonds is 8. The lowest BCUT2D eigenvalue weighted by Gasteiger charge is -2.38. The highest BCUT2D eigenvalue weighted by Gasteiger charge is 2.74. The monoisotopic (exact) mass is 513 g/mol. The fraction of sp³-hybridized carbons (Fsp3) is 0.679. The molecule has 0 aromatic heterocycles. The number of anilines is 1. The van der Waals surface area contributed by atoms with E-state index in [1.165, 1.54) is 6.42 Å². The molecule has 2 bridgehead atoms. The highest BCUT2D eigenvalue weighted by Crippen LogP contribution is 2.66. The Bertz CT molecular complexity index is 982. The lowest BCUT2D eigenvalue weighted by Crippen LogP contribution is -2.58. The van der Waals surface area contributed by atoms with Crippen molar-refractivity contribution in [3.63, 3.8) is 0 Å². The summed E-state index contributed by atoms with van der Waals surface area (Å²) in [6, 6.07) is 8.39. The summed E-state index contributed by atoms with van der Waals surface area (Å²) >= 11 is 1.68. The fourth-order valence-electron chi connectivity index (χ4n) is 7.18. The van der Waals surface area contributed by atoms with Gasteiger partial charge in [0.25, 0.3) is 0 Å². The number of hydrogen-bond acceptors (Lipinski definition) is 5. The van der Waals surface area contributed by atoms with Gasteiger partial charge >= 0.3 is 0 Å². The Morgan fingerprint density at radius 1 is 1.11 bits per heavy atom. The van der Waals surface area contributed by atoms with Crippen LogP contribution in [0.2, 0.25) is 0 Å². The maximum Gasteiger partial charge on any atom is 0.244 e. The number of likely N-dealkylation sites (tertiary alicyclic amines) is 1. The van der Waals surface area contributed by atoms with Crippen molar-refractivity contribution in [1.29, 1.82) is 0 Å². The summed E-state index contributed by atoms with van der Waals surface area (Å²) in [4.78, 5) is 43.4. The van der Waals surface area contributed by atoms with Gasteiger partial charge in [-0.3, -0.25) is 14.4 Å². The Labute approximate surface area is 218 Å². The van der Waals surface area contributed by atoms with Gasteiger partial charge < -0.3 is 20.6 Å². The van der Waals surface area contributed by atoms with Crippen molar-refractivity contribution in [1.82, 2.24) is 10.2 Å². The molecule has 3 aliphatic heterocycles. The van der Waals surface area contributed by atoms with Gasteiger partial charge in [0.2, 0.25) is 17.7 Å². The van der Waals surface area contributed by atoms with Crippen LogP contribution in [-0.2, 0) is 14.4 Å². The van der Waals surface area contributed by atoms with Gasteiger partial charge in [-0.2, -0.15) is 0 Å². The van der Waals surface area contributed by atoms with Crippen molar-refractivity contribution in [3.8, 4) is 0 Å². The number of carbonyl (C=O) groups is 3. The van der Waals surface area contributed by atoms with E-state index in [-0.39, 0.29) is 41.5 Å². The summed E-state index contributed by atoms with van der Waals surface area (Å²) in [7, 11) is 0. The van der Waals surface area contributed by atoms with Gasteiger partial charge in [0.05, 0.1) is 29.2 Å². The minimum atomic E-state index is -0.655. The summed E-state index contributed by atoms with van der Waals surface area (Å²) in [5.74, 6) is -1.15. The van der Waals surface area contributed by atoms with E-state index in [1.54, 1.807) is 16.7 Å². The van der Waals surface area contributed by atoms with Crippen LogP contribution in [0.25, 0.3) is 0 Å². The van der Waals surface area contributed by atoms with Crippen LogP contribution in [0.3, 0.4) is 0 Å². The van der Waals surface area contributed by atoms with Crippen LogP contribution in [0.1, 0.15) is 65.2 Å². The molecule has 4 aliphatic rings. The molecule has 4 fully saturated rings. The fourth-order valence-corrected chi connectivity index (χ4v) is 9.38. The molecular formula is C28H39N3O4S. The summed E-state index contributed by atoms with van der Waals surface area (Å²) in [5.41, 5.74) is 0.714. The average molecular weight is 514 g/mol. The molecule has 6 atom stereocenters. The van der Waals surface area contributed by atoms with Crippen molar-refractivity contribution in [3.05, 3.63) is 30.3 Å². The first kappa shape index (κ1) is 25.6. The van der Waals surface area contributed by atoms with Crippen LogP contribution in [0.5, 0.6) is 0 Å². The van der Waals surface area contributed by atoms with E-state index in [2.05, 4.69) is 24.5 Å². The lowest BCUT2D eigenvalue weighted by atomic mass is 9.70. The summed E-state index contributed by atoms with van der Waals surface area (Å²) in [5, 5.41) is 16.7. The zero-order chi connectivity index (χ0) is 25.4. The minimum Gasteiger partial charge on any atom is -0.394 e. The van der Waals surface area contributed by atoms with E-state index in [0.29, 0.717) is 12.1 Å². The molecule has 0 radical (unpaired) electrons. The standard InChI is InChI=1S/C28H39N3O4S/c1-17(2)15-20(16-32)31-24(26(34)30-19-11-7-4-8-12-19)28-14-13-21(36-28)22(23(28)27(31)35)25(33)29-18-9-5-3-6-10-18/h3,5-6,9-10,17,19-24,32H,4,7-8,11-16H2,1-2H3,(H,29,33)(H,30,34)/t20-,21+,22-,23+,24?,28?/m1/s1. The summed E-state index contributed by atoms with van der Waals surface area (Å²) < 4.78 is -0.621. The molecule has 5 rings (SSSR count).